The number of pyridine rings is 1. The second-order valence-corrected chi connectivity index (χ2v) is 7.53. The summed E-state index contributed by atoms with van der Waals surface area (Å²) in [6, 6.07) is 4.60. The van der Waals surface area contributed by atoms with Crippen molar-refractivity contribution in [1.29, 1.82) is 0 Å². The zero-order valence-electron chi connectivity index (χ0n) is 16.4. The molecule has 11 heteroatoms. The molecule has 2 aliphatic heterocycles. The van der Waals surface area contributed by atoms with E-state index in [1.807, 2.05) is 0 Å². The van der Waals surface area contributed by atoms with E-state index in [9.17, 15) is 13.2 Å². The molecule has 3 aromatic heterocycles. The van der Waals surface area contributed by atoms with E-state index in [1.54, 1.807) is 16.5 Å². The Balaban J connectivity index is 1.52. The molecular weight excluding hydrogens is 425 g/mol. The third kappa shape index (κ3) is 2.84. The zero-order chi connectivity index (χ0) is 21.8. The Labute approximate surface area is 179 Å². The van der Waals surface area contributed by atoms with Gasteiger partial charge >= 0.3 is 0 Å². The molecule has 4 aromatic rings. The molecule has 1 N–H and O–H groups in total. The van der Waals surface area contributed by atoms with E-state index in [1.165, 1.54) is 18.6 Å². The van der Waals surface area contributed by atoms with Crippen molar-refractivity contribution < 1.29 is 22.6 Å². The molecule has 162 valence electrons. The van der Waals surface area contributed by atoms with Crippen molar-refractivity contribution in [2.75, 3.05) is 11.9 Å². The molecular formula is C21H15F3N6O2. The van der Waals surface area contributed by atoms with Crippen molar-refractivity contribution in [2.24, 2.45) is 0 Å². The molecule has 0 aliphatic carbocycles. The van der Waals surface area contributed by atoms with Crippen molar-refractivity contribution in [2.45, 2.75) is 25.5 Å². The van der Waals surface area contributed by atoms with E-state index < -0.39 is 12.1 Å². The lowest BCUT2D eigenvalue weighted by atomic mass is 10.0. The number of halogens is 3. The SMILES string of the molecule is Fc1ccc2c3c1CNc1c(cc(-c4cncnc4C(F)F)c4nncn14)OCC(C3)O2. The molecule has 0 amide bonds. The highest BCUT2D eigenvalue weighted by molar-refractivity contribution is 5.82. The minimum atomic E-state index is -2.80. The predicted molar refractivity (Wildman–Crippen MR) is 106 cm³/mol. The maximum absolute atomic E-state index is 14.6. The number of nitrogens with one attached hydrogen (secondary N) is 1. The molecule has 8 nitrogen and oxygen atoms in total. The first-order chi connectivity index (χ1) is 15.6. The van der Waals surface area contributed by atoms with Crippen LogP contribution in [0, 0.1) is 5.82 Å². The summed E-state index contributed by atoms with van der Waals surface area (Å²) in [5, 5.41) is 11.3. The Bertz CT molecular complexity index is 1360. The van der Waals surface area contributed by atoms with Gasteiger partial charge in [-0.15, -0.1) is 10.2 Å². The number of hydrogen-bond acceptors (Lipinski definition) is 7. The first-order valence-corrected chi connectivity index (χ1v) is 9.89. The summed E-state index contributed by atoms with van der Waals surface area (Å²) in [6.45, 7) is 0.356. The molecule has 2 bridgehead atoms. The molecule has 0 saturated carbocycles. The lowest BCUT2D eigenvalue weighted by Gasteiger charge is -2.20. The molecule has 5 heterocycles. The summed E-state index contributed by atoms with van der Waals surface area (Å²) >= 11 is 0. The van der Waals surface area contributed by atoms with Crippen LogP contribution in [0.1, 0.15) is 23.2 Å². The molecule has 0 spiro atoms. The van der Waals surface area contributed by atoms with Gasteiger partial charge in [0.2, 0.25) is 0 Å². The van der Waals surface area contributed by atoms with Crippen molar-refractivity contribution in [3.05, 3.63) is 59.7 Å². The van der Waals surface area contributed by atoms with Crippen LogP contribution in [0.3, 0.4) is 0 Å². The molecule has 2 aliphatic rings. The average Bonchev–Trinajstić information content (AvgIpc) is 3.44. The van der Waals surface area contributed by atoms with E-state index in [4.69, 9.17) is 9.47 Å². The van der Waals surface area contributed by atoms with Crippen LogP contribution in [0.5, 0.6) is 11.5 Å². The number of nitrogens with zero attached hydrogens (tertiary/aromatic N) is 5. The van der Waals surface area contributed by atoms with Crippen molar-refractivity contribution >= 4 is 11.5 Å². The van der Waals surface area contributed by atoms with Gasteiger partial charge in [-0.05, 0) is 18.2 Å². The molecule has 1 atom stereocenters. The van der Waals surface area contributed by atoms with Gasteiger partial charge in [0.15, 0.2) is 17.2 Å². The van der Waals surface area contributed by atoms with E-state index >= 15 is 0 Å². The Morgan fingerprint density at radius 2 is 2.06 bits per heavy atom. The normalized spacial score (nSPS) is 16.9. The van der Waals surface area contributed by atoms with Gasteiger partial charge in [0.05, 0.1) is 0 Å². The molecule has 32 heavy (non-hydrogen) atoms. The van der Waals surface area contributed by atoms with E-state index in [0.717, 1.165) is 11.9 Å². The largest absolute Gasteiger partial charge is 0.486 e. The lowest BCUT2D eigenvalue weighted by molar-refractivity contribution is 0.146. The third-order valence-corrected chi connectivity index (χ3v) is 5.69. The van der Waals surface area contributed by atoms with Crippen molar-refractivity contribution in [3.8, 4) is 22.6 Å². The number of benzene rings is 1. The van der Waals surface area contributed by atoms with Crippen LogP contribution >= 0.6 is 0 Å². The Morgan fingerprint density at radius 3 is 2.94 bits per heavy atom. The number of alkyl halides is 2. The Morgan fingerprint density at radius 1 is 1.16 bits per heavy atom. The molecule has 0 radical (unpaired) electrons. The van der Waals surface area contributed by atoms with Crippen LogP contribution in [0.2, 0.25) is 0 Å². The van der Waals surface area contributed by atoms with Gasteiger partial charge in [0.25, 0.3) is 6.43 Å². The number of ether oxygens (including phenoxy) is 2. The highest BCUT2D eigenvalue weighted by Crippen LogP contribution is 2.40. The zero-order valence-corrected chi connectivity index (χ0v) is 16.4. The second kappa shape index (κ2) is 7.08. The van der Waals surface area contributed by atoms with Crippen LogP contribution < -0.4 is 14.8 Å². The highest BCUT2D eigenvalue weighted by Gasteiger charge is 2.30. The topological polar surface area (TPSA) is 86.5 Å². The minimum absolute atomic E-state index is 0.126. The van der Waals surface area contributed by atoms with Crippen molar-refractivity contribution in [3.63, 3.8) is 0 Å². The Kier molecular flexibility index (Phi) is 4.17. The maximum atomic E-state index is 14.6. The van der Waals surface area contributed by atoms with Crippen LogP contribution in [0.15, 0.2) is 37.1 Å². The summed E-state index contributed by atoms with van der Waals surface area (Å²) < 4.78 is 55.4. The maximum Gasteiger partial charge on any atom is 0.281 e. The summed E-state index contributed by atoms with van der Waals surface area (Å²) in [4.78, 5) is 7.64. The van der Waals surface area contributed by atoms with E-state index in [2.05, 4.69) is 25.5 Å². The van der Waals surface area contributed by atoms with Crippen molar-refractivity contribution in [1.82, 2.24) is 24.6 Å². The lowest BCUT2D eigenvalue weighted by Crippen LogP contribution is -2.24. The number of hydrogen-bond donors (Lipinski definition) is 1. The standard InChI is InChI=1S/C21H15F3N6O2/c22-15-1-2-16-11-3-10(32-16)7-31-17-4-12(14-5-25-8-27-18(14)19(23)24)20-29-28-9-30(20)21(17)26-6-13(11)15/h1-2,4-5,8-10,19,26H,3,6-7H2. The van der Waals surface area contributed by atoms with E-state index in [0.29, 0.717) is 40.5 Å². The van der Waals surface area contributed by atoms with Gasteiger partial charge in [-0.1, -0.05) is 0 Å². The molecule has 1 aromatic carbocycles. The number of anilines is 1. The summed E-state index contributed by atoms with van der Waals surface area (Å²) in [5.41, 5.74) is 1.69. The quantitative estimate of drug-likeness (QED) is 0.510. The van der Waals surface area contributed by atoms with Crippen LogP contribution in [-0.2, 0) is 13.0 Å². The fourth-order valence-corrected chi connectivity index (χ4v) is 4.23. The monoisotopic (exact) mass is 440 g/mol. The summed E-state index contributed by atoms with van der Waals surface area (Å²) in [7, 11) is 0. The smallest absolute Gasteiger partial charge is 0.281 e. The van der Waals surface area contributed by atoms with Gasteiger partial charge < -0.3 is 14.8 Å². The van der Waals surface area contributed by atoms with Crippen LogP contribution in [-0.4, -0.2) is 37.3 Å². The number of rotatable bonds is 2. The summed E-state index contributed by atoms with van der Waals surface area (Å²) in [6.07, 6.45) is 1.24. The first kappa shape index (κ1) is 18.8. The highest BCUT2D eigenvalue weighted by atomic mass is 19.3. The first-order valence-electron chi connectivity index (χ1n) is 9.89. The van der Waals surface area contributed by atoms with Gasteiger partial charge in [0, 0.05) is 41.4 Å². The molecule has 0 saturated heterocycles. The minimum Gasteiger partial charge on any atom is -0.486 e. The number of aromatic nitrogens is 5. The average molecular weight is 440 g/mol. The van der Waals surface area contributed by atoms with Gasteiger partial charge in [0.1, 0.15) is 42.6 Å². The van der Waals surface area contributed by atoms with Crippen LogP contribution in [0.25, 0.3) is 16.8 Å². The number of fused-ring (bicyclic) bond motifs is 4. The predicted octanol–water partition coefficient (Wildman–Crippen LogP) is 3.57. The van der Waals surface area contributed by atoms with Gasteiger partial charge in [-0.25, -0.2) is 23.1 Å². The molecule has 1 unspecified atom stereocenters. The molecule has 0 fully saturated rings. The van der Waals surface area contributed by atoms with E-state index in [-0.39, 0.29) is 30.6 Å². The van der Waals surface area contributed by atoms with Crippen LogP contribution in [0.4, 0.5) is 19.0 Å². The van der Waals surface area contributed by atoms with Gasteiger partial charge in [-0.2, -0.15) is 0 Å². The second-order valence-electron chi connectivity index (χ2n) is 7.53. The fourth-order valence-electron chi connectivity index (χ4n) is 4.23. The summed E-state index contributed by atoms with van der Waals surface area (Å²) in [5.74, 6) is 1.15. The fraction of sp³-hybridized carbons (Fsp3) is 0.238. The molecule has 6 rings (SSSR count). The third-order valence-electron chi connectivity index (χ3n) is 5.69. The van der Waals surface area contributed by atoms with Gasteiger partial charge in [-0.3, -0.25) is 4.40 Å². The Hall–Kier alpha value is -3.89.